The van der Waals surface area contributed by atoms with Crippen LogP contribution < -0.4 is 5.32 Å². The first-order valence-corrected chi connectivity index (χ1v) is 11.0. The van der Waals surface area contributed by atoms with E-state index in [1.807, 2.05) is 32.5 Å². The summed E-state index contributed by atoms with van der Waals surface area (Å²) in [7, 11) is -3.21. The molecular formula is C15H33IN4O2S2. The molecule has 0 radical (unpaired) electrons. The predicted octanol–water partition coefficient (Wildman–Crippen LogP) is 2.07. The molecule has 1 aliphatic heterocycles. The maximum atomic E-state index is 12.2. The molecule has 0 aromatic carbocycles. The van der Waals surface area contributed by atoms with Crippen molar-refractivity contribution in [1.29, 1.82) is 0 Å². The van der Waals surface area contributed by atoms with Gasteiger partial charge in [-0.15, -0.1) is 24.0 Å². The SMILES string of the molecule is CCNC(=NCCS(=O)(=O)N(CC)CC)N1CCSC(C)(C)C1.I. The van der Waals surface area contributed by atoms with E-state index in [-0.39, 0.29) is 34.5 Å². The van der Waals surface area contributed by atoms with E-state index in [1.54, 1.807) is 0 Å². The molecule has 1 aliphatic rings. The van der Waals surface area contributed by atoms with Gasteiger partial charge < -0.3 is 10.2 Å². The fourth-order valence-corrected chi connectivity index (χ4v) is 5.11. The summed E-state index contributed by atoms with van der Waals surface area (Å²) in [6.45, 7) is 14.2. The second-order valence-corrected chi connectivity index (χ2v) is 10.1. The fourth-order valence-electron chi connectivity index (χ4n) is 2.64. The molecule has 0 spiro atoms. The highest BCUT2D eigenvalue weighted by molar-refractivity contribution is 14.0. The maximum absolute atomic E-state index is 12.2. The number of halogens is 1. The van der Waals surface area contributed by atoms with E-state index >= 15 is 0 Å². The van der Waals surface area contributed by atoms with Gasteiger partial charge in [0, 0.05) is 43.2 Å². The predicted molar refractivity (Wildman–Crippen MR) is 116 cm³/mol. The van der Waals surface area contributed by atoms with Crippen LogP contribution in [-0.2, 0) is 10.0 Å². The van der Waals surface area contributed by atoms with Crippen molar-refractivity contribution in [3.63, 3.8) is 0 Å². The monoisotopic (exact) mass is 492 g/mol. The molecule has 0 aliphatic carbocycles. The van der Waals surface area contributed by atoms with Crippen LogP contribution >= 0.6 is 35.7 Å². The number of nitrogens with zero attached hydrogens (tertiary/aromatic N) is 3. The molecule has 1 rings (SSSR count). The molecule has 0 aromatic rings. The Morgan fingerprint density at radius 1 is 1.29 bits per heavy atom. The van der Waals surface area contributed by atoms with Crippen LogP contribution in [0.2, 0.25) is 0 Å². The zero-order valence-electron chi connectivity index (χ0n) is 15.5. The van der Waals surface area contributed by atoms with Gasteiger partial charge in [-0.2, -0.15) is 11.8 Å². The lowest BCUT2D eigenvalue weighted by Crippen LogP contribution is -2.51. The Balaban J connectivity index is 0.00000529. The van der Waals surface area contributed by atoms with Gasteiger partial charge in [0.1, 0.15) is 0 Å². The van der Waals surface area contributed by atoms with Gasteiger partial charge in [-0.05, 0) is 20.8 Å². The molecule has 0 saturated carbocycles. The minimum atomic E-state index is -3.21. The number of hydrogen-bond acceptors (Lipinski definition) is 4. The van der Waals surface area contributed by atoms with Gasteiger partial charge >= 0.3 is 0 Å². The standard InChI is InChI=1S/C15H32N4O2S2.HI/c1-6-16-14(18-10-11-22-15(4,5)13-18)17-9-12-23(20,21)19(7-2)8-3;/h6-13H2,1-5H3,(H,16,17);1H. The summed E-state index contributed by atoms with van der Waals surface area (Å²) in [6.07, 6.45) is 0. The van der Waals surface area contributed by atoms with Crippen LogP contribution in [0.4, 0.5) is 0 Å². The van der Waals surface area contributed by atoms with E-state index in [1.165, 1.54) is 4.31 Å². The Morgan fingerprint density at radius 2 is 1.92 bits per heavy atom. The third-order valence-electron chi connectivity index (χ3n) is 3.77. The number of rotatable bonds is 7. The minimum absolute atomic E-state index is 0. The maximum Gasteiger partial charge on any atom is 0.215 e. The largest absolute Gasteiger partial charge is 0.357 e. The Labute approximate surface area is 169 Å². The summed E-state index contributed by atoms with van der Waals surface area (Å²) < 4.78 is 26.2. The minimum Gasteiger partial charge on any atom is -0.357 e. The number of thioether (sulfide) groups is 1. The zero-order valence-corrected chi connectivity index (χ0v) is 19.5. The second kappa shape index (κ2) is 11.1. The van der Waals surface area contributed by atoms with Crippen molar-refractivity contribution >= 4 is 51.7 Å². The van der Waals surface area contributed by atoms with Crippen LogP contribution in [0, 0.1) is 0 Å². The van der Waals surface area contributed by atoms with Crippen LogP contribution in [0.1, 0.15) is 34.6 Å². The zero-order chi connectivity index (χ0) is 17.5. The highest BCUT2D eigenvalue weighted by Crippen LogP contribution is 2.29. The van der Waals surface area contributed by atoms with E-state index in [9.17, 15) is 8.42 Å². The molecule has 1 saturated heterocycles. The molecule has 0 aromatic heterocycles. The highest BCUT2D eigenvalue weighted by Gasteiger charge is 2.28. The van der Waals surface area contributed by atoms with E-state index in [0.29, 0.717) is 19.6 Å². The number of aliphatic imine (C=N–C) groups is 1. The summed E-state index contributed by atoms with van der Waals surface area (Å²) in [5, 5.41) is 3.29. The molecule has 1 N–H and O–H groups in total. The summed E-state index contributed by atoms with van der Waals surface area (Å²) in [4.78, 5) is 6.80. The van der Waals surface area contributed by atoms with Gasteiger partial charge in [0.05, 0.1) is 12.3 Å². The first-order chi connectivity index (χ1) is 10.8. The van der Waals surface area contributed by atoms with Crippen LogP contribution in [0.3, 0.4) is 0 Å². The van der Waals surface area contributed by atoms with E-state index in [4.69, 9.17) is 0 Å². The van der Waals surface area contributed by atoms with Crippen molar-refractivity contribution in [1.82, 2.24) is 14.5 Å². The van der Waals surface area contributed by atoms with Crippen molar-refractivity contribution in [2.75, 3.05) is 50.8 Å². The normalized spacial score (nSPS) is 18.4. The number of guanidine groups is 1. The van der Waals surface area contributed by atoms with Gasteiger partial charge in [0.25, 0.3) is 0 Å². The van der Waals surface area contributed by atoms with Gasteiger partial charge in [-0.25, -0.2) is 12.7 Å². The topological polar surface area (TPSA) is 65.0 Å². The van der Waals surface area contributed by atoms with Crippen molar-refractivity contribution in [2.45, 2.75) is 39.4 Å². The van der Waals surface area contributed by atoms with E-state index in [0.717, 1.165) is 31.3 Å². The molecule has 0 unspecified atom stereocenters. The quantitative estimate of drug-likeness (QED) is 0.335. The summed E-state index contributed by atoms with van der Waals surface area (Å²) >= 11 is 1.97. The first kappa shape index (κ1) is 24.3. The molecule has 1 heterocycles. The molecule has 0 atom stereocenters. The molecular weight excluding hydrogens is 459 g/mol. The molecule has 0 bridgehead atoms. The molecule has 144 valence electrons. The summed E-state index contributed by atoms with van der Waals surface area (Å²) in [5.74, 6) is 1.96. The molecule has 6 nitrogen and oxygen atoms in total. The Bertz CT molecular complexity index is 494. The first-order valence-electron chi connectivity index (χ1n) is 8.40. The molecule has 1 fully saturated rings. The van der Waals surface area contributed by atoms with Crippen molar-refractivity contribution in [3.05, 3.63) is 0 Å². The van der Waals surface area contributed by atoms with Crippen molar-refractivity contribution in [3.8, 4) is 0 Å². The third-order valence-corrected chi connectivity index (χ3v) is 7.07. The summed E-state index contributed by atoms with van der Waals surface area (Å²) in [6, 6.07) is 0. The van der Waals surface area contributed by atoms with Gasteiger partial charge in [-0.3, -0.25) is 4.99 Å². The Morgan fingerprint density at radius 3 is 2.42 bits per heavy atom. The van der Waals surface area contributed by atoms with Gasteiger partial charge in [-0.1, -0.05) is 13.8 Å². The van der Waals surface area contributed by atoms with Crippen molar-refractivity contribution in [2.24, 2.45) is 4.99 Å². The fraction of sp³-hybridized carbons (Fsp3) is 0.933. The van der Waals surface area contributed by atoms with Crippen LogP contribution in [0.15, 0.2) is 4.99 Å². The highest BCUT2D eigenvalue weighted by atomic mass is 127. The van der Waals surface area contributed by atoms with Crippen LogP contribution in [-0.4, -0.2) is 79.1 Å². The summed E-state index contributed by atoms with van der Waals surface area (Å²) in [5.41, 5.74) is 0. The number of sulfonamides is 1. The van der Waals surface area contributed by atoms with Crippen LogP contribution in [0.25, 0.3) is 0 Å². The van der Waals surface area contributed by atoms with E-state index in [2.05, 4.69) is 29.1 Å². The molecule has 0 amide bonds. The lowest BCUT2D eigenvalue weighted by Gasteiger charge is -2.39. The lowest BCUT2D eigenvalue weighted by molar-refractivity contribution is 0.376. The second-order valence-electron chi connectivity index (χ2n) is 6.17. The smallest absolute Gasteiger partial charge is 0.215 e. The average molecular weight is 492 g/mol. The van der Waals surface area contributed by atoms with E-state index < -0.39 is 10.0 Å². The molecule has 24 heavy (non-hydrogen) atoms. The van der Waals surface area contributed by atoms with Gasteiger partial charge in [0.2, 0.25) is 10.0 Å². The average Bonchev–Trinajstić information content (AvgIpc) is 2.46. The Hall–Kier alpha value is 0.260. The molecule has 9 heteroatoms. The lowest BCUT2D eigenvalue weighted by atomic mass is 10.2. The number of nitrogens with one attached hydrogen (secondary N) is 1. The third kappa shape index (κ3) is 7.65. The van der Waals surface area contributed by atoms with Crippen LogP contribution in [0.5, 0.6) is 0 Å². The van der Waals surface area contributed by atoms with Crippen molar-refractivity contribution < 1.29 is 8.42 Å². The number of hydrogen-bond donors (Lipinski definition) is 1. The Kier molecular flexibility index (Phi) is 11.2. The van der Waals surface area contributed by atoms with Gasteiger partial charge in [0.15, 0.2) is 5.96 Å².